The Labute approximate surface area is 86.6 Å². The minimum absolute atomic E-state index is 0.426. The first-order valence-electron chi connectivity index (χ1n) is 5.78. The Bertz CT molecular complexity index is 190. The molecule has 2 aliphatic heterocycles. The lowest BCUT2D eigenvalue weighted by Gasteiger charge is -2.46. The molecule has 2 heterocycles. The third-order valence-electron chi connectivity index (χ3n) is 3.49. The first-order chi connectivity index (χ1) is 6.66. The van der Waals surface area contributed by atoms with Gasteiger partial charge in [-0.05, 0) is 18.8 Å². The molecular formula is C11H22N2O. The molecule has 0 aliphatic carbocycles. The van der Waals surface area contributed by atoms with E-state index in [1.54, 1.807) is 0 Å². The van der Waals surface area contributed by atoms with E-state index in [1.165, 1.54) is 12.8 Å². The van der Waals surface area contributed by atoms with Crippen LogP contribution in [0.3, 0.4) is 0 Å². The Hall–Kier alpha value is -0.120. The second-order valence-electron chi connectivity index (χ2n) is 5.05. The highest BCUT2D eigenvalue weighted by Crippen LogP contribution is 2.26. The average Bonchev–Trinajstić information content (AvgIpc) is 2.13. The Morgan fingerprint density at radius 2 is 2.07 bits per heavy atom. The minimum atomic E-state index is 0.426. The van der Waals surface area contributed by atoms with E-state index in [9.17, 15) is 0 Å². The number of nitrogens with two attached hydrogens (primary N) is 1. The van der Waals surface area contributed by atoms with E-state index in [1.807, 2.05) is 0 Å². The van der Waals surface area contributed by atoms with Crippen molar-refractivity contribution in [1.29, 1.82) is 0 Å². The van der Waals surface area contributed by atoms with E-state index >= 15 is 0 Å². The molecule has 0 aromatic rings. The van der Waals surface area contributed by atoms with Crippen LogP contribution in [0.5, 0.6) is 0 Å². The van der Waals surface area contributed by atoms with Crippen LogP contribution in [-0.4, -0.2) is 42.8 Å². The van der Waals surface area contributed by atoms with Crippen molar-refractivity contribution in [3.05, 3.63) is 0 Å². The molecule has 0 radical (unpaired) electrons. The Morgan fingerprint density at radius 3 is 2.64 bits per heavy atom. The Kier molecular flexibility index (Phi) is 3.10. The van der Waals surface area contributed by atoms with Gasteiger partial charge in [-0.1, -0.05) is 13.8 Å². The van der Waals surface area contributed by atoms with Crippen molar-refractivity contribution < 1.29 is 4.74 Å². The average molecular weight is 198 g/mol. The van der Waals surface area contributed by atoms with Gasteiger partial charge in [-0.15, -0.1) is 0 Å². The summed E-state index contributed by atoms with van der Waals surface area (Å²) in [5.74, 6) is 0.646. The molecule has 0 saturated carbocycles. The molecular weight excluding hydrogens is 176 g/mol. The lowest BCUT2D eigenvalue weighted by molar-refractivity contribution is -0.0626. The topological polar surface area (TPSA) is 38.5 Å². The molecule has 2 unspecified atom stereocenters. The second kappa shape index (κ2) is 4.17. The monoisotopic (exact) mass is 198 g/mol. The largest absolute Gasteiger partial charge is 0.378 e. The maximum Gasteiger partial charge on any atom is 0.0612 e. The van der Waals surface area contributed by atoms with Crippen molar-refractivity contribution >= 4 is 0 Å². The smallest absolute Gasteiger partial charge is 0.0612 e. The van der Waals surface area contributed by atoms with E-state index in [0.29, 0.717) is 18.1 Å². The predicted molar refractivity (Wildman–Crippen MR) is 57.1 cm³/mol. The minimum Gasteiger partial charge on any atom is -0.378 e. The fourth-order valence-corrected chi connectivity index (χ4v) is 2.45. The third kappa shape index (κ3) is 2.10. The molecule has 2 rings (SSSR count). The van der Waals surface area contributed by atoms with Gasteiger partial charge in [0.1, 0.15) is 0 Å². The maximum absolute atomic E-state index is 5.80. The van der Waals surface area contributed by atoms with Crippen LogP contribution in [-0.2, 0) is 4.74 Å². The van der Waals surface area contributed by atoms with E-state index in [2.05, 4.69) is 18.7 Å². The number of ether oxygens (including phenoxy) is 1. The van der Waals surface area contributed by atoms with Gasteiger partial charge >= 0.3 is 0 Å². The zero-order chi connectivity index (χ0) is 10.1. The first-order valence-corrected chi connectivity index (χ1v) is 5.78. The molecule has 14 heavy (non-hydrogen) atoms. The lowest BCUT2D eigenvalue weighted by atomic mass is 9.92. The van der Waals surface area contributed by atoms with Gasteiger partial charge in [0.2, 0.25) is 0 Å². The number of hydrogen-bond donors (Lipinski definition) is 1. The van der Waals surface area contributed by atoms with Gasteiger partial charge in [-0.2, -0.15) is 0 Å². The number of likely N-dealkylation sites (tertiary alicyclic amines) is 1. The predicted octanol–water partition coefficient (Wildman–Crippen LogP) is 0.833. The van der Waals surface area contributed by atoms with Gasteiger partial charge in [-0.3, -0.25) is 4.90 Å². The molecule has 2 saturated heterocycles. The first kappa shape index (κ1) is 10.4. The van der Waals surface area contributed by atoms with Crippen LogP contribution in [0.15, 0.2) is 0 Å². The van der Waals surface area contributed by atoms with Crippen LogP contribution in [0.25, 0.3) is 0 Å². The van der Waals surface area contributed by atoms with Crippen molar-refractivity contribution in [3.8, 4) is 0 Å². The Balaban J connectivity index is 1.82. The normalized spacial score (nSPS) is 36.0. The molecule has 3 heteroatoms. The zero-order valence-corrected chi connectivity index (χ0v) is 9.28. The molecule has 2 atom stereocenters. The number of rotatable bonds is 2. The van der Waals surface area contributed by atoms with E-state index in [-0.39, 0.29) is 0 Å². The zero-order valence-electron chi connectivity index (χ0n) is 9.28. The molecule has 0 aromatic carbocycles. The van der Waals surface area contributed by atoms with Crippen LogP contribution >= 0.6 is 0 Å². The summed E-state index contributed by atoms with van der Waals surface area (Å²) in [5, 5.41) is 0. The fraction of sp³-hybridized carbons (Fsp3) is 1.00. The third-order valence-corrected chi connectivity index (χ3v) is 3.49. The van der Waals surface area contributed by atoms with Crippen LogP contribution < -0.4 is 5.73 Å². The quantitative estimate of drug-likeness (QED) is 0.714. The molecule has 82 valence electrons. The van der Waals surface area contributed by atoms with E-state index in [4.69, 9.17) is 10.5 Å². The maximum atomic E-state index is 5.80. The molecule has 2 fully saturated rings. The van der Waals surface area contributed by atoms with E-state index < -0.39 is 0 Å². The molecule has 0 aromatic heterocycles. The van der Waals surface area contributed by atoms with Gasteiger partial charge < -0.3 is 10.5 Å². The van der Waals surface area contributed by atoms with Gasteiger partial charge in [0.25, 0.3) is 0 Å². The summed E-state index contributed by atoms with van der Waals surface area (Å²) in [7, 11) is 0. The van der Waals surface area contributed by atoms with Crippen LogP contribution in [0.1, 0.15) is 26.7 Å². The van der Waals surface area contributed by atoms with Crippen molar-refractivity contribution in [2.24, 2.45) is 11.7 Å². The summed E-state index contributed by atoms with van der Waals surface area (Å²) < 4.78 is 5.76. The van der Waals surface area contributed by atoms with Crippen LogP contribution in [0, 0.1) is 5.92 Å². The highest BCUT2D eigenvalue weighted by molar-refractivity contribution is 4.90. The highest BCUT2D eigenvalue weighted by atomic mass is 16.5. The Morgan fingerprint density at radius 1 is 1.36 bits per heavy atom. The molecule has 0 bridgehead atoms. The SMILES string of the molecule is CC(C)C1CC(N2CC(N)C2)CCO1. The van der Waals surface area contributed by atoms with Crippen LogP contribution in [0.4, 0.5) is 0 Å². The molecule has 2 aliphatic rings. The second-order valence-corrected chi connectivity index (χ2v) is 5.05. The lowest BCUT2D eigenvalue weighted by Crippen LogP contribution is -2.60. The van der Waals surface area contributed by atoms with Crippen molar-refractivity contribution in [2.75, 3.05) is 19.7 Å². The van der Waals surface area contributed by atoms with Crippen molar-refractivity contribution in [2.45, 2.75) is 44.9 Å². The number of nitrogens with zero attached hydrogens (tertiary/aromatic N) is 1. The molecule has 3 nitrogen and oxygen atoms in total. The number of hydrogen-bond acceptors (Lipinski definition) is 3. The van der Waals surface area contributed by atoms with Crippen LogP contribution in [0.2, 0.25) is 0 Å². The summed E-state index contributed by atoms with van der Waals surface area (Å²) in [5.41, 5.74) is 5.80. The van der Waals surface area contributed by atoms with Gasteiger partial charge in [0, 0.05) is 31.8 Å². The molecule has 0 amide bonds. The summed E-state index contributed by atoms with van der Waals surface area (Å²) in [6.45, 7) is 7.61. The summed E-state index contributed by atoms with van der Waals surface area (Å²) >= 11 is 0. The fourth-order valence-electron chi connectivity index (χ4n) is 2.45. The van der Waals surface area contributed by atoms with Gasteiger partial charge in [0.15, 0.2) is 0 Å². The summed E-state index contributed by atoms with van der Waals surface area (Å²) in [4.78, 5) is 2.52. The summed E-state index contributed by atoms with van der Waals surface area (Å²) in [6.07, 6.45) is 2.85. The summed E-state index contributed by atoms with van der Waals surface area (Å²) in [6, 6.07) is 1.16. The van der Waals surface area contributed by atoms with Gasteiger partial charge in [0.05, 0.1) is 6.10 Å². The molecule has 0 spiro atoms. The van der Waals surface area contributed by atoms with Crippen molar-refractivity contribution in [3.63, 3.8) is 0 Å². The highest BCUT2D eigenvalue weighted by Gasteiger charge is 2.34. The standard InChI is InChI=1S/C11H22N2O/c1-8(2)11-5-10(3-4-14-11)13-6-9(12)7-13/h8-11H,3-7,12H2,1-2H3. The molecule has 2 N–H and O–H groups in total. The van der Waals surface area contributed by atoms with E-state index in [0.717, 1.165) is 25.7 Å². The van der Waals surface area contributed by atoms with Crippen molar-refractivity contribution in [1.82, 2.24) is 4.90 Å². The van der Waals surface area contributed by atoms with Gasteiger partial charge in [-0.25, -0.2) is 0 Å².